The second kappa shape index (κ2) is 9.11. The highest BCUT2D eigenvalue weighted by atomic mass is 15.1. The molecule has 0 spiro atoms. The normalized spacial score (nSPS) is 12.9. The maximum absolute atomic E-state index is 5.59. The molecule has 0 fully saturated rings. The van der Waals surface area contributed by atoms with Gasteiger partial charge in [0.25, 0.3) is 0 Å². The van der Waals surface area contributed by atoms with E-state index in [1.165, 1.54) is 24.0 Å². The molecule has 1 aromatic rings. The Balaban J connectivity index is 2.31. The van der Waals surface area contributed by atoms with Crippen molar-refractivity contribution in [1.82, 2.24) is 4.90 Å². The summed E-state index contributed by atoms with van der Waals surface area (Å²) in [5, 5.41) is 0. The molecule has 0 aliphatic heterocycles. The topological polar surface area (TPSA) is 29.3 Å². The van der Waals surface area contributed by atoms with Gasteiger partial charge in [0.15, 0.2) is 0 Å². The van der Waals surface area contributed by atoms with E-state index in [2.05, 4.69) is 50.1 Å². The van der Waals surface area contributed by atoms with Gasteiger partial charge in [0.05, 0.1) is 0 Å². The van der Waals surface area contributed by atoms with Gasteiger partial charge in [0.1, 0.15) is 0 Å². The van der Waals surface area contributed by atoms with Crippen LogP contribution in [-0.4, -0.2) is 31.6 Å². The SMILES string of the molecule is CCCc1ccc(CCN(C)CC(C)CCN)cc1. The number of nitrogens with two attached hydrogens (primary N) is 1. The molecule has 0 aliphatic rings. The molecule has 0 heterocycles. The number of nitrogens with zero attached hydrogens (tertiary/aromatic N) is 1. The molecule has 2 heteroatoms. The molecule has 0 bridgehead atoms. The average Bonchev–Trinajstić information content (AvgIpc) is 2.38. The third-order valence-electron chi connectivity index (χ3n) is 3.63. The van der Waals surface area contributed by atoms with E-state index in [0.717, 1.165) is 32.5 Å². The highest BCUT2D eigenvalue weighted by Gasteiger charge is 2.05. The van der Waals surface area contributed by atoms with Gasteiger partial charge in [-0.3, -0.25) is 0 Å². The van der Waals surface area contributed by atoms with Crippen molar-refractivity contribution >= 4 is 0 Å². The van der Waals surface area contributed by atoms with Gasteiger partial charge in [0.2, 0.25) is 0 Å². The smallest absolute Gasteiger partial charge is 0.00189 e. The van der Waals surface area contributed by atoms with E-state index in [-0.39, 0.29) is 0 Å². The van der Waals surface area contributed by atoms with E-state index in [1.807, 2.05) is 0 Å². The maximum Gasteiger partial charge on any atom is 0.00189 e. The first-order valence-electron chi connectivity index (χ1n) is 7.62. The highest BCUT2D eigenvalue weighted by molar-refractivity contribution is 5.22. The standard InChI is InChI=1S/C17H30N2/c1-4-5-16-6-8-17(9-7-16)11-13-19(3)14-15(2)10-12-18/h6-9,15H,4-5,10-14,18H2,1-3H3. The van der Waals surface area contributed by atoms with Crippen molar-refractivity contribution in [3.05, 3.63) is 35.4 Å². The van der Waals surface area contributed by atoms with Crippen molar-refractivity contribution in [2.24, 2.45) is 11.7 Å². The lowest BCUT2D eigenvalue weighted by Gasteiger charge is -2.21. The Morgan fingerprint density at radius 2 is 1.68 bits per heavy atom. The van der Waals surface area contributed by atoms with Crippen LogP contribution in [0.4, 0.5) is 0 Å². The summed E-state index contributed by atoms with van der Waals surface area (Å²) in [6, 6.07) is 9.11. The van der Waals surface area contributed by atoms with Crippen molar-refractivity contribution in [2.45, 2.75) is 39.5 Å². The molecular weight excluding hydrogens is 232 g/mol. The lowest BCUT2D eigenvalue weighted by atomic mass is 10.1. The Hall–Kier alpha value is -0.860. The van der Waals surface area contributed by atoms with Gasteiger partial charge < -0.3 is 10.6 Å². The van der Waals surface area contributed by atoms with E-state index >= 15 is 0 Å². The lowest BCUT2D eigenvalue weighted by Crippen LogP contribution is -2.27. The van der Waals surface area contributed by atoms with Crippen LogP contribution in [0.25, 0.3) is 0 Å². The van der Waals surface area contributed by atoms with Crippen LogP contribution in [0.2, 0.25) is 0 Å². The first-order chi connectivity index (χ1) is 9.15. The number of benzene rings is 1. The predicted octanol–water partition coefficient (Wildman–Crippen LogP) is 3.10. The molecule has 0 saturated carbocycles. The third kappa shape index (κ3) is 6.74. The summed E-state index contributed by atoms with van der Waals surface area (Å²) < 4.78 is 0. The van der Waals surface area contributed by atoms with Crippen LogP contribution in [0.5, 0.6) is 0 Å². The van der Waals surface area contributed by atoms with Gasteiger partial charge in [-0.2, -0.15) is 0 Å². The molecule has 19 heavy (non-hydrogen) atoms. The van der Waals surface area contributed by atoms with Crippen molar-refractivity contribution < 1.29 is 0 Å². The maximum atomic E-state index is 5.59. The number of aryl methyl sites for hydroxylation is 1. The fourth-order valence-corrected chi connectivity index (χ4v) is 2.48. The Bertz CT molecular complexity index is 332. The summed E-state index contributed by atoms with van der Waals surface area (Å²) in [7, 11) is 2.21. The summed E-state index contributed by atoms with van der Waals surface area (Å²) in [6.07, 6.45) is 4.67. The first-order valence-corrected chi connectivity index (χ1v) is 7.62. The molecule has 108 valence electrons. The van der Waals surface area contributed by atoms with Gasteiger partial charge in [-0.05, 0) is 49.9 Å². The zero-order chi connectivity index (χ0) is 14.1. The molecule has 1 unspecified atom stereocenters. The van der Waals surface area contributed by atoms with E-state index in [9.17, 15) is 0 Å². The molecule has 1 aromatic carbocycles. The Kier molecular flexibility index (Phi) is 7.76. The van der Waals surface area contributed by atoms with Crippen LogP contribution in [0.1, 0.15) is 37.8 Å². The van der Waals surface area contributed by atoms with E-state index < -0.39 is 0 Å². The molecule has 0 amide bonds. The Labute approximate surface area is 119 Å². The van der Waals surface area contributed by atoms with Crippen LogP contribution in [0, 0.1) is 5.92 Å². The van der Waals surface area contributed by atoms with Crippen molar-refractivity contribution in [1.29, 1.82) is 0 Å². The van der Waals surface area contributed by atoms with Gasteiger partial charge >= 0.3 is 0 Å². The fourth-order valence-electron chi connectivity index (χ4n) is 2.48. The monoisotopic (exact) mass is 262 g/mol. The molecule has 2 N–H and O–H groups in total. The van der Waals surface area contributed by atoms with Gasteiger partial charge in [-0.1, -0.05) is 44.5 Å². The lowest BCUT2D eigenvalue weighted by molar-refractivity contribution is 0.283. The molecule has 0 radical (unpaired) electrons. The predicted molar refractivity (Wildman–Crippen MR) is 84.5 cm³/mol. The van der Waals surface area contributed by atoms with Crippen molar-refractivity contribution in [3.8, 4) is 0 Å². The largest absolute Gasteiger partial charge is 0.330 e. The molecule has 0 aliphatic carbocycles. The van der Waals surface area contributed by atoms with Crippen LogP contribution in [0.15, 0.2) is 24.3 Å². The number of likely N-dealkylation sites (N-methyl/N-ethyl adjacent to an activating group) is 1. The summed E-state index contributed by atoms with van der Waals surface area (Å²) >= 11 is 0. The summed E-state index contributed by atoms with van der Waals surface area (Å²) in [6.45, 7) is 7.58. The summed E-state index contributed by atoms with van der Waals surface area (Å²) in [5.74, 6) is 0.696. The van der Waals surface area contributed by atoms with E-state index in [0.29, 0.717) is 5.92 Å². The van der Waals surface area contributed by atoms with Crippen LogP contribution in [0.3, 0.4) is 0 Å². The molecule has 2 nitrogen and oxygen atoms in total. The number of hydrogen-bond acceptors (Lipinski definition) is 2. The zero-order valence-corrected chi connectivity index (χ0v) is 12.9. The van der Waals surface area contributed by atoms with Crippen LogP contribution < -0.4 is 5.73 Å². The quantitative estimate of drug-likeness (QED) is 0.741. The summed E-state index contributed by atoms with van der Waals surface area (Å²) in [4.78, 5) is 2.42. The van der Waals surface area contributed by atoms with Crippen LogP contribution in [-0.2, 0) is 12.8 Å². The summed E-state index contributed by atoms with van der Waals surface area (Å²) in [5.41, 5.74) is 8.49. The van der Waals surface area contributed by atoms with E-state index in [1.54, 1.807) is 0 Å². The second-order valence-electron chi connectivity index (χ2n) is 5.76. The van der Waals surface area contributed by atoms with Crippen LogP contribution >= 0.6 is 0 Å². The number of hydrogen-bond donors (Lipinski definition) is 1. The molecule has 0 saturated heterocycles. The van der Waals surface area contributed by atoms with Crippen molar-refractivity contribution in [2.75, 3.05) is 26.7 Å². The zero-order valence-electron chi connectivity index (χ0n) is 12.9. The molecule has 0 aromatic heterocycles. The minimum Gasteiger partial charge on any atom is -0.330 e. The molecular formula is C17H30N2. The minimum atomic E-state index is 0.696. The minimum absolute atomic E-state index is 0.696. The highest BCUT2D eigenvalue weighted by Crippen LogP contribution is 2.08. The van der Waals surface area contributed by atoms with Gasteiger partial charge in [-0.15, -0.1) is 0 Å². The average molecular weight is 262 g/mol. The first kappa shape index (κ1) is 16.2. The number of rotatable bonds is 9. The Morgan fingerprint density at radius 1 is 1.11 bits per heavy atom. The van der Waals surface area contributed by atoms with Gasteiger partial charge in [-0.25, -0.2) is 0 Å². The molecule has 1 atom stereocenters. The van der Waals surface area contributed by atoms with E-state index in [4.69, 9.17) is 5.73 Å². The Morgan fingerprint density at radius 3 is 2.21 bits per heavy atom. The second-order valence-corrected chi connectivity index (χ2v) is 5.76. The van der Waals surface area contributed by atoms with Crippen molar-refractivity contribution in [3.63, 3.8) is 0 Å². The van der Waals surface area contributed by atoms with Gasteiger partial charge in [0, 0.05) is 13.1 Å². The fraction of sp³-hybridized carbons (Fsp3) is 0.647. The third-order valence-corrected chi connectivity index (χ3v) is 3.63. The molecule has 1 rings (SSSR count).